The van der Waals surface area contributed by atoms with Gasteiger partial charge in [-0.25, -0.2) is 0 Å². The van der Waals surface area contributed by atoms with Gasteiger partial charge < -0.3 is 15.1 Å². The number of aryl methyl sites for hydroxylation is 1. The van der Waals surface area contributed by atoms with Crippen molar-refractivity contribution in [1.82, 2.24) is 10.2 Å². The normalized spacial score (nSPS) is 17.8. The third kappa shape index (κ3) is 4.32. The number of amides is 2. The summed E-state index contributed by atoms with van der Waals surface area (Å²) in [7, 11) is 2.02. The van der Waals surface area contributed by atoms with Crippen LogP contribution in [0.25, 0.3) is 0 Å². The van der Waals surface area contributed by atoms with E-state index in [1.54, 1.807) is 4.90 Å². The summed E-state index contributed by atoms with van der Waals surface area (Å²) in [6, 6.07) is 7.93. The van der Waals surface area contributed by atoms with Gasteiger partial charge in [-0.05, 0) is 31.6 Å². The van der Waals surface area contributed by atoms with Crippen LogP contribution in [0.2, 0.25) is 0 Å². The maximum atomic E-state index is 12.3. The zero-order valence-corrected chi connectivity index (χ0v) is 14.3. The van der Waals surface area contributed by atoms with Gasteiger partial charge in [0.1, 0.15) is 0 Å². The number of benzene rings is 1. The lowest BCUT2D eigenvalue weighted by Gasteiger charge is -2.20. The van der Waals surface area contributed by atoms with Crippen LogP contribution in [0.4, 0.5) is 5.69 Å². The number of hydrogen-bond donors (Lipinski definition) is 1. The second kappa shape index (κ2) is 8.11. The van der Waals surface area contributed by atoms with Crippen LogP contribution in [0, 0.1) is 5.92 Å². The fraction of sp³-hybridized carbons (Fsp3) is 0.556. The summed E-state index contributed by atoms with van der Waals surface area (Å²) in [6.07, 6.45) is 1.17. The Morgan fingerprint density at radius 1 is 1.35 bits per heavy atom. The highest BCUT2D eigenvalue weighted by atomic mass is 16.2. The van der Waals surface area contributed by atoms with Gasteiger partial charge in [0.25, 0.3) is 0 Å². The molecule has 0 aliphatic carbocycles. The molecule has 1 atom stereocenters. The Kier molecular flexibility index (Phi) is 6.16. The third-order valence-corrected chi connectivity index (χ3v) is 4.49. The molecule has 5 nitrogen and oxygen atoms in total. The Labute approximate surface area is 138 Å². The molecule has 1 aliphatic rings. The second-order valence-electron chi connectivity index (χ2n) is 6.07. The van der Waals surface area contributed by atoms with Crippen LogP contribution in [0.1, 0.15) is 25.8 Å². The molecular weight excluding hydrogens is 290 g/mol. The molecular formula is C18H27N3O2. The number of hydrogen-bond acceptors (Lipinski definition) is 3. The van der Waals surface area contributed by atoms with Crippen LogP contribution in [0.15, 0.2) is 24.3 Å². The van der Waals surface area contributed by atoms with Gasteiger partial charge in [0.15, 0.2) is 0 Å². The van der Waals surface area contributed by atoms with Crippen molar-refractivity contribution in [1.29, 1.82) is 0 Å². The van der Waals surface area contributed by atoms with E-state index < -0.39 is 0 Å². The van der Waals surface area contributed by atoms with Crippen molar-refractivity contribution >= 4 is 17.5 Å². The van der Waals surface area contributed by atoms with E-state index in [4.69, 9.17) is 0 Å². The smallest absolute Gasteiger partial charge is 0.227 e. The van der Waals surface area contributed by atoms with Crippen LogP contribution in [0.5, 0.6) is 0 Å². The van der Waals surface area contributed by atoms with Gasteiger partial charge in [0.2, 0.25) is 11.8 Å². The van der Waals surface area contributed by atoms with E-state index in [0.717, 1.165) is 30.8 Å². The predicted octanol–water partition coefficient (Wildman–Crippen LogP) is 1.67. The molecule has 0 saturated carbocycles. The van der Waals surface area contributed by atoms with Gasteiger partial charge in [0, 0.05) is 31.7 Å². The molecule has 1 aromatic carbocycles. The Bertz CT molecular complexity index is 559. The van der Waals surface area contributed by atoms with Crippen LogP contribution in [-0.2, 0) is 16.0 Å². The molecule has 2 rings (SSSR count). The molecule has 23 heavy (non-hydrogen) atoms. The summed E-state index contributed by atoms with van der Waals surface area (Å²) in [5, 5.41) is 2.95. The Balaban J connectivity index is 1.95. The minimum Gasteiger partial charge on any atom is -0.355 e. The molecule has 126 valence electrons. The molecule has 1 aliphatic heterocycles. The molecule has 1 fully saturated rings. The fourth-order valence-electron chi connectivity index (χ4n) is 2.86. The SMILES string of the molecule is CCc1ccccc1N1C[C@H](C(=O)NCCN(C)CC)CC1=O. The van der Waals surface area contributed by atoms with Crippen molar-refractivity contribution in [3.05, 3.63) is 29.8 Å². The summed E-state index contributed by atoms with van der Waals surface area (Å²) in [4.78, 5) is 28.5. The fourth-order valence-corrected chi connectivity index (χ4v) is 2.86. The highest BCUT2D eigenvalue weighted by molar-refractivity contribution is 6.00. The number of nitrogens with one attached hydrogen (secondary N) is 1. The highest BCUT2D eigenvalue weighted by Crippen LogP contribution is 2.28. The maximum absolute atomic E-state index is 12.3. The lowest BCUT2D eigenvalue weighted by Crippen LogP contribution is -2.37. The second-order valence-corrected chi connectivity index (χ2v) is 6.07. The maximum Gasteiger partial charge on any atom is 0.227 e. The van der Waals surface area contributed by atoms with Crippen molar-refractivity contribution in [3.8, 4) is 0 Å². The number of likely N-dealkylation sites (N-methyl/N-ethyl adjacent to an activating group) is 1. The average Bonchev–Trinajstić information content (AvgIpc) is 2.96. The molecule has 0 radical (unpaired) electrons. The van der Waals surface area contributed by atoms with Crippen LogP contribution in [0.3, 0.4) is 0 Å². The number of rotatable bonds is 7. The van der Waals surface area contributed by atoms with E-state index in [2.05, 4.69) is 24.1 Å². The summed E-state index contributed by atoms with van der Waals surface area (Å²) in [5.41, 5.74) is 2.09. The van der Waals surface area contributed by atoms with E-state index in [-0.39, 0.29) is 17.7 Å². The topological polar surface area (TPSA) is 52.7 Å². The molecule has 0 spiro atoms. The van der Waals surface area contributed by atoms with Crippen molar-refractivity contribution in [3.63, 3.8) is 0 Å². The predicted molar refractivity (Wildman–Crippen MR) is 92.5 cm³/mol. The van der Waals surface area contributed by atoms with Gasteiger partial charge in [-0.1, -0.05) is 32.0 Å². The van der Waals surface area contributed by atoms with E-state index in [0.29, 0.717) is 19.5 Å². The quantitative estimate of drug-likeness (QED) is 0.832. The monoisotopic (exact) mass is 317 g/mol. The summed E-state index contributed by atoms with van der Waals surface area (Å²) >= 11 is 0. The largest absolute Gasteiger partial charge is 0.355 e. The lowest BCUT2D eigenvalue weighted by molar-refractivity contribution is -0.126. The summed E-state index contributed by atoms with van der Waals surface area (Å²) < 4.78 is 0. The van der Waals surface area contributed by atoms with Crippen molar-refractivity contribution in [2.45, 2.75) is 26.7 Å². The molecule has 1 saturated heterocycles. The number of anilines is 1. The average molecular weight is 317 g/mol. The summed E-state index contributed by atoms with van der Waals surface area (Å²) in [5.74, 6) is -0.226. The minimum atomic E-state index is -0.251. The number of nitrogens with zero attached hydrogens (tertiary/aromatic N) is 2. The van der Waals surface area contributed by atoms with Crippen LogP contribution in [-0.4, -0.2) is 49.9 Å². The Morgan fingerprint density at radius 2 is 2.09 bits per heavy atom. The first kappa shape index (κ1) is 17.5. The van der Waals surface area contributed by atoms with Crippen molar-refractivity contribution < 1.29 is 9.59 Å². The molecule has 0 aromatic heterocycles. The third-order valence-electron chi connectivity index (χ3n) is 4.49. The van der Waals surface area contributed by atoms with Gasteiger partial charge in [-0.3, -0.25) is 9.59 Å². The first-order chi connectivity index (χ1) is 11.1. The molecule has 2 amide bonds. The van der Waals surface area contributed by atoms with E-state index in [1.807, 2.05) is 31.3 Å². The lowest BCUT2D eigenvalue weighted by atomic mass is 10.1. The Morgan fingerprint density at radius 3 is 2.78 bits per heavy atom. The van der Waals surface area contributed by atoms with Gasteiger partial charge >= 0.3 is 0 Å². The minimum absolute atomic E-state index is 0.0145. The van der Waals surface area contributed by atoms with Gasteiger partial charge in [-0.2, -0.15) is 0 Å². The zero-order valence-electron chi connectivity index (χ0n) is 14.3. The molecule has 0 bridgehead atoms. The van der Waals surface area contributed by atoms with Crippen molar-refractivity contribution in [2.75, 3.05) is 38.1 Å². The molecule has 0 unspecified atom stereocenters. The summed E-state index contributed by atoms with van der Waals surface area (Å²) in [6.45, 7) is 7.05. The van der Waals surface area contributed by atoms with Crippen LogP contribution < -0.4 is 10.2 Å². The van der Waals surface area contributed by atoms with E-state index in [1.165, 1.54) is 0 Å². The number of carbonyl (C=O) groups is 2. The zero-order chi connectivity index (χ0) is 16.8. The van der Waals surface area contributed by atoms with Gasteiger partial charge in [0.05, 0.1) is 5.92 Å². The van der Waals surface area contributed by atoms with Crippen molar-refractivity contribution in [2.24, 2.45) is 5.92 Å². The molecule has 1 heterocycles. The van der Waals surface area contributed by atoms with Gasteiger partial charge in [-0.15, -0.1) is 0 Å². The number of para-hydroxylation sites is 1. The number of carbonyl (C=O) groups excluding carboxylic acids is 2. The molecule has 5 heteroatoms. The standard InChI is InChI=1S/C18H27N3O2/c1-4-14-8-6-7-9-16(14)21-13-15(12-17(21)22)18(23)19-10-11-20(3)5-2/h6-9,15H,4-5,10-13H2,1-3H3,(H,19,23)/t15-/m1/s1. The molecule has 1 aromatic rings. The first-order valence-corrected chi connectivity index (χ1v) is 8.41. The Hall–Kier alpha value is -1.88. The van der Waals surface area contributed by atoms with E-state index in [9.17, 15) is 9.59 Å². The highest BCUT2D eigenvalue weighted by Gasteiger charge is 2.35. The van der Waals surface area contributed by atoms with Crippen LogP contribution >= 0.6 is 0 Å². The van der Waals surface area contributed by atoms with E-state index >= 15 is 0 Å². The first-order valence-electron chi connectivity index (χ1n) is 8.41. The molecule has 1 N–H and O–H groups in total.